The van der Waals surface area contributed by atoms with Crippen molar-refractivity contribution in [3.05, 3.63) is 30.3 Å². The molecule has 0 aliphatic rings. The Labute approximate surface area is 102 Å². The number of rotatable bonds is 7. The summed E-state index contributed by atoms with van der Waals surface area (Å²) in [5, 5.41) is 9.38. The second-order valence-corrected chi connectivity index (χ2v) is 5.30. The summed E-state index contributed by atoms with van der Waals surface area (Å²) in [6, 6.07) is 10.3. The lowest BCUT2D eigenvalue weighted by Crippen LogP contribution is -2.34. The molecule has 2 nitrogen and oxygen atoms in total. The van der Waals surface area contributed by atoms with Crippen LogP contribution in [0.15, 0.2) is 35.2 Å². The number of hydrogen-bond acceptors (Lipinski definition) is 3. The van der Waals surface area contributed by atoms with E-state index >= 15 is 0 Å². The number of nitrogens with two attached hydrogens (primary N) is 1. The maximum atomic E-state index is 9.38. The monoisotopic (exact) mass is 239 g/mol. The van der Waals surface area contributed by atoms with Crippen LogP contribution in [0.1, 0.15) is 19.8 Å². The minimum absolute atomic E-state index is 0.0816. The van der Waals surface area contributed by atoms with Crippen LogP contribution in [0, 0.1) is 5.41 Å². The quantitative estimate of drug-likeness (QED) is 0.719. The van der Waals surface area contributed by atoms with Gasteiger partial charge in [-0.2, -0.15) is 0 Å². The van der Waals surface area contributed by atoms with Gasteiger partial charge in [-0.05, 0) is 30.7 Å². The molecular formula is C13H21NOS. The van der Waals surface area contributed by atoms with Crippen LogP contribution in [0.25, 0.3) is 0 Å². The van der Waals surface area contributed by atoms with Gasteiger partial charge in [-0.1, -0.05) is 25.1 Å². The minimum atomic E-state index is -0.0816. The second kappa shape index (κ2) is 6.94. The van der Waals surface area contributed by atoms with Gasteiger partial charge in [0, 0.05) is 23.5 Å². The van der Waals surface area contributed by atoms with E-state index in [1.54, 1.807) is 0 Å². The number of aliphatic hydroxyl groups excluding tert-OH is 1. The fourth-order valence-electron chi connectivity index (χ4n) is 1.58. The van der Waals surface area contributed by atoms with Gasteiger partial charge in [-0.3, -0.25) is 0 Å². The molecule has 1 rings (SSSR count). The molecule has 1 aromatic rings. The second-order valence-electron chi connectivity index (χ2n) is 4.13. The molecule has 3 N–H and O–H groups in total. The fraction of sp³-hybridized carbons (Fsp3) is 0.538. The van der Waals surface area contributed by atoms with Crippen molar-refractivity contribution in [2.75, 3.05) is 18.9 Å². The van der Waals surface area contributed by atoms with Crippen LogP contribution in [0.2, 0.25) is 0 Å². The summed E-state index contributed by atoms with van der Waals surface area (Å²) in [6.07, 6.45) is 1.91. The van der Waals surface area contributed by atoms with Crippen molar-refractivity contribution < 1.29 is 5.11 Å². The largest absolute Gasteiger partial charge is 0.396 e. The molecule has 3 heteroatoms. The highest BCUT2D eigenvalue weighted by Crippen LogP contribution is 2.28. The predicted molar refractivity (Wildman–Crippen MR) is 70.6 cm³/mol. The van der Waals surface area contributed by atoms with Crippen LogP contribution in [0.3, 0.4) is 0 Å². The highest BCUT2D eigenvalue weighted by atomic mass is 32.2. The Hall–Kier alpha value is -0.510. The highest BCUT2D eigenvalue weighted by molar-refractivity contribution is 7.99. The van der Waals surface area contributed by atoms with Gasteiger partial charge in [0.15, 0.2) is 0 Å². The standard InChI is InChI=1S/C13H21NOS/c1-2-13(10-14,11-15)8-9-16-12-6-4-3-5-7-12/h3-7,15H,2,8-11,14H2,1H3. The van der Waals surface area contributed by atoms with Crippen molar-refractivity contribution in [1.29, 1.82) is 0 Å². The van der Waals surface area contributed by atoms with E-state index in [1.807, 2.05) is 30.0 Å². The molecule has 0 saturated carbocycles. The first-order valence-corrected chi connectivity index (χ1v) is 6.73. The Morgan fingerprint density at radius 3 is 2.50 bits per heavy atom. The number of aliphatic hydroxyl groups is 1. The third-order valence-electron chi connectivity index (χ3n) is 3.16. The molecule has 0 bridgehead atoms. The molecule has 0 aromatic heterocycles. The van der Waals surface area contributed by atoms with Crippen molar-refractivity contribution >= 4 is 11.8 Å². The summed E-state index contributed by atoms with van der Waals surface area (Å²) < 4.78 is 0. The van der Waals surface area contributed by atoms with Gasteiger partial charge in [0.2, 0.25) is 0 Å². The van der Waals surface area contributed by atoms with Gasteiger partial charge in [0.25, 0.3) is 0 Å². The lowest BCUT2D eigenvalue weighted by molar-refractivity contribution is 0.124. The van der Waals surface area contributed by atoms with E-state index in [2.05, 4.69) is 19.1 Å². The molecule has 90 valence electrons. The molecule has 0 saturated heterocycles. The molecule has 0 aliphatic carbocycles. The van der Waals surface area contributed by atoms with E-state index in [1.165, 1.54) is 4.90 Å². The summed E-state index contributed by atoms with van der Waals surface area (Å²) in [6.45, 7) is 2.85. The molecule has 1 atom stereocenters. The minimum Gasteiger partial charge on any atom is -0.396 e. The molecule has 0 aliphatic heterocycles. The van der Waals surface area contributed by atoms with E-state index in [0.29, 0.717) is 6.54 Å². The normalized spacial score (nSPS) is 14.7. The highest BCUT2D eigenvalue weighted by Gasteiger charge is 2.24. The van der Waals surface area contributed by atoms with Gasteiger partial charge < -0.3 is 10.8 Å². The first-order valence-electron chi connectivity index (χ1n) is 5.75. The number of hydrogen-bond donors (Lipinski definition) is 2. The maximum absolute atomic E-state index is 9.38. The summed E-state index contributed by atoms with van der Waals surface area (Å²) in [7, 11) is 0. The molecule has 0 radical (unpaired) electrons. The Bertz CT molecular complexity index is 277. The third kappa shape index (κ3) is 3.81. The fourth-order valence-corrected chi connectivity index (χ4v) is 2.70. The first kappa shape index (κ1) is 13.6. The predicted octanol–water partition coefficient (Wildman–Crippen LogP) is 2.52. The van der Waals surface area contributed by atoms with Crippen LogP contribution in [0.4, 0.5) is 0 Å². The average molecular weight is 239 g/mol. The molecule has 1 aromatic carbocycles. The Balaban J connectivity index is 2.39. The summed E-state index contributed by atoms with van der Waals surface area (Å²) in [4.78, 5) is 1.28. The van der Waals surface area contributed by atoms with Gasteiger partial charge in [0.1, 0.15) is 0 Å². The van der Waals surface area contributed by atoms with E-state index in [-0.39, 0.29) is 12.0 Å². The first-order chi connectivity index (χ1) is 7.76. The summed E-state index contributed by atoms with van der Waals surface area (Å²) in [5.41, 5.74) is 5.66. The Kier molecular flexibility index (Phi) is 5.88. The zero-order valence-electron chi connectivity index (χ0n) is 9.86. The molecule has 16 heavy (non-hydrogen) atoms. The van der Waals surface area contributed by atoms with Gasteiger partial charge in [-0.15, -0.1) is 11.8 Å². The molecule has 0 amide bonds. The van der Waals surface area contributed by atoms with Crippen molar-refractivity contribution in [2.24, 2.45) is 11.1 Å². The maximum Gasteiger partial charge on any atom is 0.0499 e. The van der Waals surface area contributed by atoms with Crippen LogP contribution in [0.5, 0.6) is 0 Å². The van der Waals surface area contributed by atoms with Crippen LogP contribution in [-0.2, 0) is 0 Å². The smallest absolute Gasteiger partial charge is 0.0499 e. The van der Waals surface area contributed by atoms with Crippen molar-refractivity contribution in [3.8, 4) is 0 Å². The SMILES string of the molecule is CCC(CN)(CO)CCSc1ccccc1. The number of benzene rings is 1. The van der Waals surface area contributed by atoms with E-state index in [9.17, 15) is 5.11 Å². The topological polar surface area (TPSA) is 46.2 Å². The van der Waals surface area contributed by atoms with Crippen LogP contribution in [-0.4, -0.2) is 24.0 Å². The lowest BCUT2D eigenvalue weighted by atomic mass is 9.83. The van der Waals surface area contributed by atoms with Crippen molar-refractivity contribution in [3.63, 3.8) is 0 Å². The zero-order valence-corrected chi connectivity index (χ0v) is 10.7. The molecule has 0 fully saturated rings. The lowest BCUT2D eigenvalue weighted by Gasteiger charge is -2.28. The molecule has 0 spiro atoms. The molecule has 1 unspecified atom stereocenters. The Morgan fingerprint density at radius 2 is 2.00 bits per heavy atom. The summed E-state index contributed by atoms with van der Waals surface area (Å²) in [5.74, 6) is 1.01. The van der Waals surface area contributed by atoms with Crippen LogP contribution < -0.4 is 5.73 Å². The molecule has 0 heterocycles. The van der Waals surface area contributed by atoms with E-state index in [4.69, 9.17) is 5.73 Å². The zero-order chi connectivity index (χ0) is 11.9. The molecular weight excluding hydrogens is 218 g/mol. The van der Waals surface area contributed by atoms with Crippen molar-refractivity contribution in [2.45, 2.75) is 24.7 Å². The van der Waals surface area contributed by atoms with E-state index in [0.717, 1.165) is 18.6 Å². The number of thioether (sulfide) groups is 1. The summed E-state index contributed by atoms with van der Waals surface area (Å²) >= 11 is 1.83. The van der Waals surface area contributed by atoms with Gasteiger partial charge in [0.05, 0.1) is 0 Å². The van der Waals surface area contributed by atoms with Crippen molar-refractivity contribution in [1.82, 2.24) is 0 Å². The average Bonchev–Trinajstić information content (AvgIpc) is 2.37. The Morgan fingerprint density at radius 1 is 1.31 bits per heavy atom. The van der Waals surface area contributed by atoms with Gasteiger partial charge in [-0.25, -0.2) is 0 Å². The van der Waals surface area contributed by atoms with Gasteiger partial charge >= 0.3 is 0 Å². The third-order valence-corrected chi connectivity index (χ3v) is 4.18. The van der Waals surface area contributed by atoms with Crippen LogP contribution >= 0.6 is 11.8 Å². The van der Waals surface area contributed by atoms with E-state index < -0.39 is 0 Å².